The topological polar surface area (TPSA) is 52.6 Å². The van der Waals surface area contributed by atoms with Crippen molar-refractivity contribution >= 4 is 35.8 Å². The van der Waals surface area contributed by atoms with E-state index < -0.39 is 0 Å². The molecule has 1 fully saturated rings. The van der Waals surface area contributed by atoms with Gasteiger partial charge in [0.25, 0.3) is 0 Å². The zero-order chi connectivity index (χ0) is 17.5. The summed E-state index contributed by atoms with van der Waals surface area (Å²) in [7, 11) is 1.79. The molecule has 6 heteroatoms. The molecule has 0 unspecified atom stereocenters. The van der Waals surface area contributed by atoms with Crippen molar-refractivity contribution in [1.29, 1.82) is 0 Å². The fourth-order valence-electron chi connectivity index (χ4n) is 3.05. The monoisotopic (exact) mass is 465 g/mol. The van der Waals surface area contributed by atoms with E-state index in [1.54, 1.807) is 7.05 Å². The Labute approximate surface area is 173 Å². The number of hydrogen-bond donors (Lipinski definition) is 2. The van der Waals surface area contributed by atoms with E-state index in [9.17, 15) is 0 Å². The first kappa shape index (κ1) is 20.5. The highest BCUT2D eigenvalue weighted by atomic mass is 127. The summed E-state index contributed by atoms with van der Waals surface area (Å²) >= 11 is 0. The molecule has 0 saturated carbocycles. The molecule has 0 atom stereocenters. The average Bonchev–Trinajstić information content (AvgIpc) is 3.18. The van der Waals surface area contributed by atoms with Gasteiger partial charge in [-0.05, 0) is 42.5 Å². The summed E-state index contributed by atoms with van der Waals surface area (Å²) in [6.07, 6.45) is 4.50. The van der Waals surface area contributed by atoms with Crippen LogP contribution in [0.2, 0.25) is 0 Å². The van der Waals surface area contributed by atoms with Crippen LogP contribution in [0, 0.1) is 6.92 Å². The van der Waals surface area contributed by atoms with Crippen molar-refractivity contribution in [1.82, 2.24) is 15.6 Å². The lowest BCUT2D eigenvalue weighted by atomic mass is 10.1. The smallest absolute Gasteiger partial charge is 0.191 e. The highest BCUT2D eigenvalue weighted by Gasteiger charge is 2.12. The van der Waals surface area contributed by atoms with E-state index in [1.807, 2.05) is 6.20 Å². The summed E-state index contributed by atoms with van der Waals surface area (Å²) < 4.78 is 0. The molecule has 1 aromatic heterocycles. The summed E-state index contributed by atoms with van der Waals surface area (Å²) in [4.78, 5) is 11.2. The standard InChI is InChI=1S/C20H27N5.HI/c1-16-7-3-4-8-18(16)15-24-20(21-2)23-14-17-9-10-19(22-13-17)25-11-5-6-12-25;/h3-4,7-10,13H,5-6,11-12,14-15H2,1-2H3,(H2,21,23,24);1H. The van der Waals surface area contributed by atoms with Gasteiger partial charge in [0.1, 0.15) is 5.82 Å². The maximum atomic E-state index is 4.60. The minimum Gasteiger partial charge on any atom is -0.357 e. The van der Waals surface area contributed by atoms with E-state index >= 15 is 0 Å². The third kappa shape index (κ3) is 5.59. The molecule has 140 valence electrons. The Balaban J connectivity index is 0.00000243. The largest absolute Gasteiger partial charge is 0.357 e. The number of hydrogen-bond acceptors (Lipinski definition) is 3. The van der Waals surface area contributed by atoms with Crippen LogP contribution in [-0.4, -0.2) is 31.1 Å². The van der Waals surface area contributed by atoms with Gasteiger partial charge in [-0.3, -0.25) is 4.99 Å². The third-order valence-corrected chi connectivity index (χ3v) is 4.63. The van der Waals surface area contributed by atoms with Crippen molar-refractivity contribution in [3.63, 3.8) is 0 Å². The molecule has 0 bridgehead atoms. The maximum absolute atomic E-state index is 4.60. The Bertz CT molecular complexity index is 708. The van der Waals surface area contributed by atoms with Crippen LogP contribution < -0.4 is 15.5 Å². The van der Waals surface area contributed by atoms with Crippen LogP contribution in [0.5, 0.6) is 0 Å². The lowest BCUT2D eigenvalue weighted by molar-refractivity contribution is 0.803. The number of nitrogens with one attached hydrogen (secondary N) is 2. The predicted octanol–water partition coefficient (Wildman–Crippen LogP) is 3.47. The van der Waals surface area contributed by atoms with E-state index in [0.717, 1.165) is 37.0 Å². The first-order valence-electron chi connectivity index (χ1n) is 8.95. The van der Waals surface area contributed by atoms with Gasteiger partial charge in [0, 0.05) is 39.4 Å². The van der Waals surface area contributed by atoms with Gasteiger partial charge >= 0.3 is 0 Å². The summed E-state index contributed by atoms with van der Waals surface area (Å²) in [5, 5.41) is 6.71. The lowest BCUT2D eigenvalue weighted by Gasteiger charge is -2.17. The van der Waals surface area contributed by atoms with Crippen molar-refractivity contribution in [3.8, 4) is 0 Å². The summed E-state index contributed by atoms with van der Waals surface area (Å²) in [5.74, 6) is 1.88. The van der Waals surface area contributed by atoms with Crippen LogP contribution in [0.25, 0.3) is 0 Å². The van der Waals surface area contributed by atoms with Crippen molar-refractivity contribution in [3.05, 3.63) is 59.3 Å². The molecule has 0 amide bonds. The van der Waals surface area contributed by atoms with Gasteiger partial charge in [-0.25, -0.2) is 4.98 Å². The van der Waals surface area contributed by atoms with Crippen molar-refractivity contribution in [2.75, 3.05) is 25.0 Å². The Kier molecular flexibility index (Phi) is 8.15. The van der Waals surface area contributed by atoms with Crippen molar-refractivity contribution < 1.29 is 0 Å². The molecule has 1 aromatic carbocycles. The van der Waals surface area contributed by atoms with E-state index in [-0.39, 0.29) is 24.0 Å². The number of nitrogens with zero attached hydrogens (tertiary/aromatic N) is 3. The molecule has 0 aliphatic carbocycles. The number of aliphatic imine (C=N–C) groups is 1. The van der Waals surface area contributed by atoms with Crippen LogP contribution in [0.4, 0.5) is 5.82 Å². The fourth-order valence-corrected chi connectivity index (χ4v) is 3.05. The van der Waals surface area contributed by atoms with Crippen LogP contribution in [0.3, 0.4) is 0 Å². The summed E-state index contributed by atoms with van der Waals surface area (Å²) in [6, 6.07) is 12.6. The minimum absolute atomic E-state index is 0. The third-order valence-electron chi connectivity index (χ3n) is 4.63. The summed E-state index contributed by atoms with van der Waals surface area (Å²) in [5.41, 5.74) is 3.72. The lowest BCUT2D eigenvalue weighted by Crippen LogP contribution is -2.36. The number of guanidine groups is 1. The molecule has 26 heavy (non-hydrogen) atoms. The van der Waals surface area contributed by atoms with Crippen molar-refractivity contribution in [2.24, 2.45) is 4.99 Å². The first-order chi connectivity index (χ1) is 12.3. The number of aryl methyl sites for hydroxylation is 1. The van der Waals surface area contributed by atoms with Crippen LogP contribution in [-0.2, 0) is 13.1 Å². The Hall–Kier alpha value is -1.83. The number of benzene rings is 1. The second kappa shape index (κ2) is 10.4. The Morgan fingerprint density at radius 3 is 2.46 bits per heavy atom. The zero-order valence-electron chi connectivity index (χ0n) is 15.5. The zero-order valence-corrected chi connectivity index (χ0v) is 17.9. The number of rotatable bonds is 5. The molecule has 3 rings (SSSR count). The molecule has 5 nitrogen and oxygen atoms in total. The van der Waals surface area contributed by atoms with Gasteiger partial charge < -0.3 is 15.5 Å². The molecule has 0 radical (unpaired) electrons. The SMILES string of the molecule is CN=C(NCc1ccc(N2CCCC2)nc1)NCc1ccccc1C.I. The van der Waals surface area contributed by atoms with E-state index in [1.165, 1.54) is 24.0 Å². The van der Waals surface area contributed by atoms with Gasteiger partial charge in [-0.1, -0.05) is 30.3 Å². The van der Waals surface area contributed by atoms with E-state index in [4.69, 9.17) is 0 Å². The number of aromatic nitrogens is 1. The quantitative estimate of drug-likeness (QED) is 0.404. The molecule has 2 aromatic rings. The second-order valence-corrected chi connectivity index (χ2v) is 6.42. The maximum Gasteiger partial charge on any atom is 0.191 e. The highest BCUT2D eigenvalue weighted by Crippen LogP contribution is 2.17. The molecule has 1 saturated heterocycles. The second-order valence-electron chi connectivity index (χ2n) is 6.42. The Morgan fingerprint density at radius 2 is 1.81 bits per heavy atom. The molecule has 1 aliphatic heterocycles. The van der Waals surface area contributed by atoms with Crippen molar-refractivity contribution in [2.45, 2.75) is 32.9 Å². The molecular formula is C20H28IN5. The van der Waals surface area contributed by atoms with Gasteiger partial charge in [-0.2, -0.15) is 0 Å². The van der Waals surface area contributed by atoms with Gasteiger partial charge in [0.2, 0.25) is 0 Å². The molecule has 0 spiro atoms. The summed E-state index contributed by atoms with van der Waals surface area (Å²) in [6.45, 7) is 5.85. The fraction of sp³-hybridized carbons (Fsp3) is 0.400. The van der Waals surface area contributed by atoms with Gasteiger partial charge in [0.05, 0.1) is 0 Å². The first-order valence-corrected chi connectivity index (χ1v) is 8.95. The molecule has 2 heterocycles. The number of pyridine rings is 1. The van der Waals surface area contributed by atoms with Gasteiger partial charge in [-0.15, -0.1) is 24.0 Å². The van der Waals surface area contributed by atoms with E-state index in [2.05, 4.69) is 68.8 Å². The van der Waals surface area contributed by atoms with E-state index in [0.29, 0.717) is 6.54 Å². The van der Waals surface area contributed by atoms with Gasteiger partial charge in [0.15, 0.2) is 5.96 Å². The van der Waals surface area contributed by atoms with Crippen LogP contribution >= 0.6 is 24.0 Å². The Morgan fingerprint density at radius 1 is 1.08 bits per heavy atom. The number of halogens is 1. The minimum atomic E-state index is 0. The molecule has 1 aliphatic rings. The molecular weight excluding hydrogens is 437 g/mol. The number of anilines is 1. The molecule has 2 N–H and O–H groups in total. The normalized spacial score (nSPS) is 14.1. The van der Waals surface area contributed by atoms with Crippen LogP contribution in [0.1, 0.15) is 29.5 Å². The predicted molar refractivity (Wildman–Crippen MR) is 119 cm³/mol. The van der Waals surface area contributed by atoms with Crippen LogP contribution in [0.15, 0.2) is 47.6 Å². The highest BCUT2D eigenvalue weighted by molar-refractivity contribution is 14.0. The average molecular weight is 465 g/mol.